The molecule has 0 radical (unpaired) electrons. The first-order valence-corrected chi connectivity index (χ1v) is 9.18. The lowest BCUT2D eigenvalue weighted by Crippen LogP contribution is -2.44. The van der Waals surface area contributed by atoms with Gasteiger partial charge in [-0.15, -0.1) is 0 Å². The molecule has 1 unspecified atom stereocenters. The lowest BCUT2D eigenvalue weighted by atomic mass is 10.0. The Morgan fingerprint density at radius 3 is 3.13 bits per heavy atom. The van der Waals surface area contributed by atoms with Crippen molar-refractivity contribution in [3.63, 3.8) is 0 Å². The number of hydrogen-bond acceptors (Lipinski definition) is 3. The van der Waals surface area contributed by atoms with E-state index >= 15 is 0 Å². The molecule has 0 aliphatic carbocycles. The van der Waals surface area contributed by atoms with Gasteiger partial charge in [0.2, 0.25) is 0 Å². The fraction of sp³-hybridized carbons (Fsp3) is 0.412. The van der Waals surface area contributed by atoms with Gasteiger partial charge in [0.1, 0.15) is 5.52 Å². The molecule has 0 saturated carbocycles. The van der Waals surface area contributed by atoms with Crippen molar-refractivity contribution in [3.8, 4) is 5.75 Å². The minimum Gasteiger partial charge on any atom is -0.480 e. The molecule has 1 saturated heterocycles. The van der Waals surface area contributed by atoms with E-state index in [-0.39, 0.29) is 12.5 Å². The molecule has 122 valence electrons. The molecule has 1 aliphatic rings. The zero-order valence-electron chi connectivity index (χ0n) is 12.9. The maximum Gasteiger partial charge on any atom is 0.260 e. The molecule has 0 spiro atoms. The molecule has 2 heterocycles. The van der Waals surface area contributed by atoms with Crippen LogP contribution in [0.3, 0.4) is 0 Å². The zero-order chi connectivity index (χ0) is 16.4. The van der Waals surface area contributed by atoms with E-state index < -0.39 is 0 Å². The molecule has 0 bridgehead atoms. The average Bonchev–Trinajstić information content (AvgIpc) is 2.55. The Morgan fingerprint density at radius 2 is 2.35 bits per heavy atom. The number of amides is 1. The maximum absolute atomic E-state index is 12.4. The summed E-state index contributed by atoms with van der Waals surface area (Å²) in [5.74, 6) is 0.663. The molecule has 1 aromatic carbocycles. The van der Waals surface area contributed by atoms with Gasteiger partial charge in [0.05, 0.1) is 8.59 Å². The average molecular weight is 445 g/mol. The van der Waals surface area contributed by atoms with Crippen molar-refractivity contribution in [2.24, 2.45) is 0 Å². The minimum atomic E-state index is 0.0343. The predicted molar refractivity (Wildman–Crippen MR) is 100.0 cm³/mol. The highest BCUT2D eigenvalue weighted by atomic mass is 127. The van der Waals surface area contributed by atoms with Crippen LogP contribution in [0.15, 0.2) is 24.4 Å². The number of carbonyl (C=O) groups is 1. The van der Waals surface area contributed by atoms with Gasteiger partial charge in [-0.25, -0.2) is 0 Å². The Kier molecular flexibility index (Phi) is 5.26. The molecular weight excluding hydrogens is 427 g/mol. The van der Waals surface area contributed by atoms with Crippen LogP contribution in [0.1, 0.15) is 26.2 Å². The summed E-state index contributed by atoms with van der Waals surface area (Å²) in [5.41, 5.74) is 0.698. The molecule has 1 aromatic heterocycles. The van der Waals surface area contributed by atoms with Crippen LogP contribution in [0.2, 0.25) is 5.02 Å². The quantitative estimate of drug-likeness (QED) is 0.664. The van der Waals surface area contributed by atoms with Gasteiger partial charge in [-0.05, 0) is 67.0 Å². The van der Waals surface area contributed by atoms with Gasteiger partial charge in [0.25, 0.3) is 5.91 Å². The molecule has 2 aromatic rings. The number of carbonyl (C=O) groups excluding carboxylic acids is 1. The number of rotatable bonds is 3. The number of piperidine rings is 1. The van der Waals surface area contributed by atoms with Crippen molar-refractivity contribution in [3.05, 3.63) is 33.0 Å². The first-order valence-electron chi connectivity index (χ1n) is 7.73. The summed E-state index contributed by atoms with van der Waals surface area (Å²) in [7, 11) is 0. The molecule has 1 aliphatic heterocycles. The Morgan fingerprint density at radius 1 is 1.52 bits per heavy atom. The van der Waals surface area contributed by atoms with E-state index in [4.69, 9.17) is 16.3 Å². The molecule has 23 heavy (non-hydrogen) atoms. The lowest BCUT2D eigenvalue weighted by Gasteiger charge is -2.33. The summed E-state index contributed by atoms with van der Waals surface area (Å²) in [5, 5.41) is 1.48. The highest BCUT2D eigenvalue weighted by Crippen LogP contribution is 2.34. The molecule has 1 amide bonds. The standard InChI is InChI=1S/C17H18ClIN2O2/c1-11-5-2-3-8-21(11)15(22)10-23-17-14(19)9-13(18)12-6-4-7-20-16(12)17/h4,6-7,9,11H,2-3,5,8,10H2,1H3. The number of nitrogens with zero attached hydrogens (tertiary/aromatic N) is 2. The number of pyridine rings is 1. The van der Waals surface area contributed by atoms with Gasteiger partial charge in [-0.2, -0.15) is 0 Å². The van der Waals surface area contributed by atoms with Gasteiger partial charge in [0, 0.05) is 24.2 Å². The van der Waals surface area contributed by atoms with Crippen LogP contribution in [0.5, 0.6) is 5.75 Å². The third kappa shape index (κ3) is 3.55. The normalized spacial score (nSPS) is 18.2. The molecule has 3 rings (SSSR count). The molecule has 6 heteroatoms. The van der Waals surface area contributed by atoms with Gasteiger partial charge in [-0.1, -0.05) is 11.6 Å². The van der Waals surface area contributed by atoms with Gasteiger partial charge in [-0.3, -0.25) is 9.78 Å². The fourth-order valence-corrected chi connectivity index (χ4v) is 4.14. The number of ether oxygens (including phenoxy) is 1. The number of halogens is 2. The van der Waals surface area contributed by atoms with Crippen LogP contribution in [0, 0.1) is 3.57 Å². The van der Waals surface area contributed by atoms with E-state index in [1.807, 2.05) is 23.1 Å². The van der Waals surface area contributed by atoms with Crippen molar-refractivity contribution in [1.82, 2.24) is 9.88 Å². The number of fused-ring (bicyclic) bond motifs is 1. The summed E-state index contributed by atoms with van der Waals surface area (Å²) in [4.78, 5) is 18.7. The van der Waals surface area contributed by atoms with Crippen molar-refractivity contribution in [2.45, 2.75) is 32.2 Å². The molecule has 4 nitrogen and oxygen atoms in total. The Labute approximate surface area is 154 Å². The largest absolute Gasteiger partial charge is 0.480 e. The second kappa shape index (κ2) is 7.21. The van der Waals surface area contributed by atoms with Crippen molar-refractivity contribution in [1.29, 1.82) is 0 Å². The van der Waals surface area contributed by atoms with Crippen molar-refractivity contribution in [2.75, 3.05) is 13.2 Å². The van der Waals surface area contributed by atoms with Crippen LogP contribution >= 0.6 is 34.2 Å². The number of likely N-dealkylation sites (tertiary alicyclic amines) is 1. The smallest absolute Gasteiger partial charge is 0.260 e. The SMILES string of the molecule is CC1CCCCN1C(=O)COc1c(I)cc(Cl)c2cccnc12. The van der Waals surface area contributed by atoms with E-state index in [0.717, 1.165) is 28.3 Å². The molecule has 1 fully saturated rings. The van der Waals surface area contributed by atoms with Crippen LogP contribution < -0.4 is 4.74 Å². The Bertz CT molecular complexity index is 738. The van der Waals surface area contributed by atoms with E-state index in [0.29, 0.717) is 22.3 Å². The van der Waals surface area contributed by atoms with E-state index in [2.05, 4.69) is 34.5 Å². The van der Waals surface area contributed by atoms with E-state index in [9.17, 15) is 4.79 Å². The maximum atomic E-state index is 12.4. The zero-order valence-corrected chi connectivity index (χ0v) is 15.8. The summed E-state index contributed by atoms with van der Waals surface area (Å²) in [6.07, 6.45) is 5.03. The van der Waals surface area contributed by atoms with Gasteiger partial charge >= 0.3 is 0 Å². The van der Waals surface area contributed by atoms with Crippen LogP contribution in [-0.4, -0.2) is 35.0 Å². The number of aromatic nitrogens is 1. The third-order valence-electron chi connectivity index (χ3n) is 4.21. The summed E-state index contributed by atoms with van der Waals surface area (Å²) in [6, 6.07) is 5.88. The summed E-state index contributed by atoms with van der Waals surface area (Å²) in [6.45, 7) is 2.95. The second-order valence-corrected chi connectivity index (χ2v) is 7.36. The summed E-state index contributed by atoms with van der Waals surface area (Å²) >= 11 is 8.43. The second-order valence-electron chi connectivity index (χ2n) is 5.79. The molecular formula is C17H18ClIN2O2. The first-order chi connectivity index (χ1) is 11.1. The van der Waals surface area contributed by atoms with Crippen molar-refractivity contribution >= 4 is 51.0 Å². The highest BCUT2D eigenvalue weighted by molar-refractivity contribution is 14.1. The molecule has 0 N–H and O–H groups in total. The van der Waals surface area contributed by atoms with Gasteiger partial charge < -0.3 is 9.64 Å². The number of benzene rings is 1. The van der Waals surface area contributed by atoms with Crippen LogP contribution in [-0.2, 0) is 4.79 Å². The topological polar surface area (TPSA) is 42.4 Å². The Hall–Kier alpha value is -1.08. The Balaban J connectivity index is 1.80. The first kappa shape index (κ1) is 16.8. The molecule has 1 atom stereocenters. The van der Waals surface area contributed by atoms with Crippen LogP contribution in [0.25, 0.3) is 10.9 Å². The monoisotopic (exact) mass is 444 g/mol. The van der Waals surface area contributed by atoms with Crippen LogP contribution in [0.4, 0.5) is 0 Å². The lowest BCUT2D eigenvalue weighted by molar-refractivity contribution is -0.136. The fourth-order valence-electron chi connectivity index (χ4n) is 2.97. The van der Waals surface area contributed by atoms with E-state index in [1.165, 1.54) is 6.42 Å². The summed E-state index contributed by atoms with van der Waals surface area (Å²) < 4.78 is 6.71. The van der Waals surface area contributed by atoms with Crippen molar-refractivity contribution < 1.29 is 9.53 Å². The van der Waals surface area contributed by atoms with Gasteiger partial charge in [0.15, 0.2) is 12.4 Å². The highest BCUT2D eigenvalue weighted by Gasteiger charge is 2.24. The predicted octanol–water partition coefficient (Wildman–Crippen LogP) is 4.27. The minimum absolute atomic E-state index is 0.0343. The third-order valence-corrected chi connectivity index (χ3v) is 5.33. The van der Waals surface area contributed by atoms with E-state index in [1.54, 1.807) is 6.20 Å². The number of hydrogen-bond donors (Lipinski definition) is 0.